The summed E-state index contributed by atoms with van der Waals surface area (Å²) in [6.45, 7) is 7.15. The molecule has 6 heteroatoms. The van der Waals surface area contributed by atoms with E-state index in [-0.39, 0.29) is 6.61 Å². The van der Waals surface area contributed by atoms with Crippen molar-refractivity contribution >= 4 is 33.6 Å². The van der Waals surface area contributed by atoms with E-state index in [1.165, 1.54) is 0 Å². The van der Waals surface area contributed by atoms with Gasteiger partial charge in [0.05, 0.1) is 12.3 Å². The number of benzene rings is 2. The van der Waals surface area contributed by atoms with Crippen molar-refractivity contribution in [1.82, 2.24) is 0 Å². The topological polar surface area (TPSA) is 88.0 Å². The molecule has 0 saturated carbocycles. The van der Waals surface area contributed by atoms with Crippen LogP contribution in [0.2, 0.25) is 0 Å². The third-order valence-corrected chi connectivity index (χ3v) is 4.49. The third kappa shape index (κ3) is 3.17. The van der Waals surface area contributed by atoms with Crippen molar-refractivity contribution < 1.29 is 13.9 Å². The molecule has 3 rings (SSSR count). The minimum absolute atomic E-state index is 0.167. The molecule has 0 amide bonds. The maximum atomic E-state index is 12.5. The monoisotopic (exact) mass is 363 g/mol. The number of azo groups is 1. The summed E-state index contributed by atoms with van der Waals surface area (Å²) in [7, 11) is 0. The van der Waals surface area contributed by atoms with E-state index in [4.69, 9.17) is 9.15 Å². The van der Waals surface area contributed by atoms with Crippen molar-refractivity contribution in [3.05, 3.63) is 42.5 Å². The van der Waals surface area contributed by atoms with Crippen LogP contribution < -0.4 is 0 Å². The van der Waals surface area contributed by atoms with Gasteiger partial charge in [0, 0.05) is 16.2 Å². The maximum Gasteiger partial charge on any atom is 0.351 e. The van der Waals surface area contributed by atoms with Crippen LogP contribution in [-0.2, 0) is 9.53 Å². The fourth-order valence-electron chi connectivity index (χ4n) is 2.88. The Kier molecular flexibility index (Phi) is 4.71. The molecule has 1 heterocycles. The molecule has 0 saturated heterocycles. The number of fused-ring (bicyclic) bond motifs is 3. The molecule has 1 aromatic heterocycles. The van der Waals surface area contributed by atoms with Gasteiger partial charge in [-0.2, -0.15) is 15.5 Å². The highest BCUT2D eigenvalue weighted by molar-refractivity contribution is 6.05. The van der Waals surface area contributed by atoms with Crippen molar-refractivity contribution in [2.75, 3.05) is 6.61 Å². The summed E-state index contributed by atoms with van der Waals surface area (Å²) in [4.78, 5) is 12.5. The van der Waals surface area contributed by atoms with E-state index in [1.54, 1.807) is 39.8 Å². The second-order valence-corrected chi connectivity index (χ2v) is 7.27. The number of ether oxygens (including phenoxy) is 1. The van der Waals surface area contributed by atoms with Gasteiger partial charge >= 0.3 is 5.97 Å². The van der Waals surface area contributed by atoms with Crippen molar-refractivity contribution in [3.63, 3.8) is 0 Å². The van der Waals surface area contributed by atoms with Crippen LogP contribution in [0.4, 0.5) is 5.69 Å². The lowest BCUT2D eigenvalue weighted by Crippen LogP contribution is -2.48. The molecule has 0 N–H and O–H groups in total. The van der Waals surface area contributed by atoms with Gasteiger partial charge in [-0.05, 0) is 31.2 Å². The number of carbonyl (C=O) groups excluding carboxylic acids is 1. The predicted molar refractivity (Wildman–Crippen MR) is 103 cm³/mol. The molecule has 0 aliphatic rings. The van der Waals surface area contributed by atoms with E-state index in [1.807, 2.05) is 36.4 Å². The number of carbonyl (C=O) groups is 1. The van der Waals surface area contributed by atoms with Crippen LogP contribution in [0, 0.1) is 16.7 Å². The Hall–Kier alpha value is -3.20. The average molecular weight is 363 g/mol. The van der Waals surface area contributed by atoms with E-state index in [0.717, 1.165) is 21.9 Å². The molecule has 1 unspecified atom stereocenters. The number of hydrogen-bond acceptors (Lipinski definition) is 6. The van der Waals surface area contributed by atoms with Crippen LogP contribution >= 0.6 is 0 Å². The fourth-order valence-corrected chi connectivity index (χ4v) is 2.88. The summed E-state index contributed by atoms with van der Waals surface area (Å²) in [5, 5.41) is 20.0. The van der Waals surface area contributed by atoms with Gasteiger partial charge in [0.1, 0.15) is 17.2 Å². The van der Waals surface area contributed by atoms with Crippen LogP contribution in [0.15, 0.2) is 57.1 Å². The lowest BCUT2D eigenvalue weighted by atomic mass is 9.75. The summed E-state index contributed by atoms with van der Waals surface area (Å²) < 4.78 is 10.9. The fraction of sp³-hybridized carbons (Fsp3) is 0.333. The van der Waals surface area contributed by atoms with Gasteiger partial charge in [-0.25, -0.2) is 4.79 Å². The lowest BCUT2D eigenvalue weighted by Gasteiger charge is -2.31. The molecule has 2 aromatic carbocycles. The first-order valence-electron chi connectivity index (χ1n) is 8.75. The quantitative estimate of drug-likeness (QED) is 0.449. The first-order valence-corrected chi connectivity index (χ1v) is 8.75. The van der Waals surface area contributed by atoms with E-state index < -0.39 is 16.9 Å². The molecule has 0 spiro atoms. The summed E-state index contributed by atoms with van der Waals surface area (Å²) in [5.41, 5.74) is -0.459. The van der Waals surface area contributed by atoms with Gasteiger partial charge in [-0.1, -0.05) is 39.0 Å². The highest BCUT2D eigenvalue weighted by atomic mass is 16.5. The average Bonchev–Trinajstić information content (AvgIpc) is 3.00. The zero-order valence-electron chi connectivity index (χ0n) is 15.8. The number of rotatable bonds is 4. The second kappa shape index (κ2) is 6.84. The molecule has 0 aliphatic heterocycles. The molecule has 0 radical (unpaired) electrons. The highest BCUT2D eigenvalue weighted by Crippen LogP contribution is 2.37. The first-order chi connectivity index (χ1) is 12.8. The molecular formula is C21H21N3O3. The van der Waals surface area contributed by atoms with Crippen LogP contribution in [-0.4, -0.2) is 18.1 Å². The van der Waals surface area contributed by atoms with E-state index >= 15 is 0 Å². The van der Waals surface area contributed by atoms with Gasteiger partial charge in [-0.3, -0.25) is 0 Å². The Morgan fingerprint density at radius 3 is 2.52 bits per heavy atom. The van der Waals surface area contributed by atoms with E-state index in [2.05, 4.69) is 10.2 Å². The smallest absolute Gasteiger partial charge is 0.351 e. The molecule has 0 fully saturated rings. The molecular weight excluding hydrogens is 342 g/mol. The van der Waals surface area contributed by atoms with Crippen LogP contribution in [0.5, 0.6) is 0 Å². The van der Waals surface area contributed by atoms with Crippen LogP contribution in [0.3, 0.4) is 0 Å². The Morgan fingerprint density at radius 1 is 1.15 bits per heavy atom. The van der Waals surface area contributed by atoms with Crippen molar-refractivity contribution in [2.45, 2.75) is 33.2 Å². The van der Waals surface area contributed by atoms with Crippen molar-refractivity contribution in [3.8, 4) is 6.07 Å². The zero-order valence-corrected chi connectivity index (χ0v) is 15.8. The van der Waals surface area contributed by atoms with Crippen LogP contribution in [0.1, 0.15) is 27.7 Å². The molecule has 27 heavy (non-hydrogen) atoms. The molecule has 0 bridgehead atoms. The summed E-state index contributed by atoms with van der Waals surface area (Å²) in [5.74, 6) is -0.696. The number of para-hydroxylation sites is 1. The van der Waals surface area contributed by atoms with Gasteiger partial charge in [0.15, 0.2) is 0 Å². The van der Waals surface area contributed by atoms with Gasteiger partial charge in [-0.15, -0.1) is 0 Å². The SMILES string of the molecule is CCOC(=O)C(C#N)(N=Nc1ccc2oc3ccccc3c2c1)C(C)(C)C. The van der Waals surface area contributed by atoms with E-state index in [0.29, 0.717) is 5.69 Å². The van der Waals surface area contributed by atoms with Crippen LogP contribution in [0.25, 0.3) is 21.9 Å². The number of nitrogens with zero attached hydrogens (tertiary/aromatic N) is 3. The Bertz CT molecular complexity index is 1070. The minimum Gasteiger partial charge on any atom is -0.463 e. The van der Waals surface area contributed by atoms with Crippen molar-refractivity contribution in [1.29, 1.82) is 5.26 Å². The Balaban J connectivity index is 2.07. The maximum absolute atomic E-state index is 12.5. The lowest BCUT2D eigenvalue weighted by molar-refractivity contribution is -0.151. The zero-order chi connectivity index (χ0) is 19.7. The standard InChI is InChI=1S/C21H21N3O3/c1-5-26-19(25)21(13-22,20(2,3)4)24-23-14-10-11-18-16(12-14)15-8-6-7-9-17(15)27-18/h6-12H,5H2,1-4H3. The largest absolute Gasteiger partial charge is 0.463 e. The van der Waals surface area contributed by atoms with Gasteiger partial charge in [0.25, 0.3) is 5.54 Å². The highest BCUT2D eigenvalue weighted by Gasteiger charge is 2.52. The molecule has 138 valence electrons. The molecule has 3 aromatic rings. The molecule has 0 aliphatic carbocycles. The normalized spacial score (nSPS) is 14.3. The van der Waals surface area contributed by atoms with Gasteiger partial charge < -0.3 is 9.15 Å². The number of furan rings is 1. The second-order valence-electron chi connectivity index (χ2n) is 7.27. The Labute approximate surface area is 157 Å². The number of hydrogen-bond donors (Lipinski definition) is 0. The minimum atomic E-state index is -1.73. The van der Waals surface area contributed by atoms with Crippen molar-refractivity contribution in [2.24, 2.45) is 15.6 Å². The summed E-state index contributed by atoms with van der Waals surface area (Å²) >= 11 is 0. The number of esters is 1. The third-order valence-electron chi connectivity index (χ3n) is 4.49. The number of nitriles is 1. The molecule has 1 atom stereocenters. The van der Waals surface area contributed by atoms with E-state index in [9.17, 15) is 10.1 Å². The first kappa shape index (κ1) is 18.6. The predicted octanol–water partition coefficient (Wildman–Crippen LogP) is 5.54. The Morgan fingerprint density at radius 2 is 1.85 bits per heavy atom. The molecule has 6 nitrogen and oxygen atoms in total. The summed E-state index contributed by atoms with van der Waals surface area (Å²) in [6.07, 6.45) is 0. The van der Waals surface area contributed by atoms with Gasteiger partial charge in [0.2, 0.25) is 0 Å². The summed E-state index contributed by atoms with van der Waals surface area (Å²) in [6, 6.07) is 15.1.